The molecule has 440 valence electrons. The molecule has 0 aliphatic carbocycles. The lowest BCUT2D eigenvalue weighted by Crippen LogP contribution is -2.31. The van der Waals surface area contributed by atoms with Gasteiger partial charge in [-0.2, -0.15) is 0 Å². The van der Waals surface area contributed by atoms with Crippen molar-refractivity contribution in [2.75, 3.05) is 0 Å². The molecule has 0 N–H and O–H groups in total. The summed E-state index contributed by atoms with van der Waals surface area (Å²) < 4.78 is 76.6. The largest absolute Gasteiger partial charge is 0.212 e. The van der Waals surface area contributed by atoms with Crippen molar-refractivity contribution in [3.8, 4) is 89.5 Å². The molecule has 0 aliphatic rings. The number of pyridine rings is 4. The topological polar surface area (TPSA) is 15.5 Å². The van der Waals surface area contributed by atoms with Crippen molar-refractivity contribution in [3.05, 3.63) is 310 Å². The molecule has 4 heterocycles. The van der Waals surface area contributed by atoms with Gasteiger partial charge >= 0.3 is 0 Å². The van der Waals surface area contributed by atoms with Gasteiger partial charge in [0, 0.05) is 81.1 Å². The van der Waals surface area contributed by atoms with E-state index in [1.807, 2.05) is 121 Å². The molecule has 0 saturated carbocycles. The van der Waals surface area contributed by atoms with Crippen molar-refractivity contribution >= 4 is 0 Å². The first-order valence-electron chi connectivity index (χ1n) is 34.5. The van der Waals surface area contributed by atoms with Gasteiger partial charge < -0.3 is 0 Å². The molecule has 0 unspecified atom stereocenters. The molecule has 4 aromatic heterocycles. The van der Waals surface area contributed by atoms with Gasteiger partial charge in [0.05, 0.1) is 0 Å². The van der Waals surface area contributed by atoms with Crippen LogP contribution >= 0.6 is 0 Å². The summed E-state index contributed by atoms with van der Waals surface area (Å²) in [6.07, 6.45) is 7.35. The van der Waals surface area contributed by atoms with E-state index in [1.165, 1.54) is 83.6 Å². The summed E-state index contributed by atoms with van der Waals surface area (Å²) in [7, 11) is 7.81. The fourth-order valence-electron chi connectivity index (χ4n) is 11.4. The summed E-state index contributed by atoms with van der Waals surface area (Å²) in [5.41, 5.74) is 30.1. The summed E-state index contributed by atoms with van der Waals surface area (Å²) in [6.45, 7) is 12.4. The second-order valence-corrected chi connectivity index (χ2v) is 23.3. The first kappa shape index (κ1) is 51.6. The lowest BCUT2D eigenvalue weighted by atomic mass is 9.93. The predicted molar refractivity (Wildman–Crippen MR) is 371 cm³/mol. The minimum absolute atomic E-state index is 0.356. The Morgan fingerprint density at radius 1 is 0.216 bits per heavy atom. The van der Waals surface area contributed by atoms with Crippen LogP contribution in [0.25, 0.3) is 89.5 Å². The maximum absolute atomic E-state index is 7.67. The average Bonchev–Trinajstić information content (AvgIpc) is 0.824. The van der Waals surface area contributed by atoms with Gasteiger partial charge in [-0.1, -0.05) is 164 Å². The Hall–Kier alpha value is -9.64. The first-order chi connectivity index (χ1) is 45.9. The summed E-state index contributed by atoms with van der Waals surface area (Å²) in [4.78, 5) is 0. The monoisotopic (exact) mass is 1160 g/mol. The lowest BCUT2D eigenvalue weighted by Gasteiger charge is -2.12. The molecular formula is C84H88N4+4. The van der Waals surface area contributed by atoms with E-state index in [4.69, 9.17) is 12.3 Å². The van der Waals surface area contributed by atoms with Crippen molar-refractivity contribution in [2.45, 2.75) is 82.9 Å². The van der Waals surface area contributed by atoms with Crippen molar-refractivity contribution < 1.29 is 30.6 Å². The van der Waals surface area contributed by atoms with Crippen LogP contribution in [-0.2, 0) is 28.2 Å². The Balaban J connectivity index is 0.000000152. The highest BCUT2D eigenvalue weighted by Gasteiger charge is 2.19. The standard InChI is InChI=1S/4C21H22N/c3*1-15-13-21(22(4)14-17(15)3)20-11-10-19(12-16(20)2)18-8-6-5-7-9-18;1-15-10-11-21(22(4)14-15)20-13-16(2)19(12-17(20)3)18-8-6-5-7-9-18/h4*5-14H,1-4H3/q4*+1/i2*3D3;;1D3. The third-order valence-electron chi connectivity index (χ3n) is 16.6. The van der Waals surface area contributed by atoms with Crippen LogP contribution in [0.2, 0.25) is 0 Å². The molecule has 0 fully saturated rings. The van der Waals surface area contributed by atoms with Gasteiger partial charge in [-0.15, -0.1) is 0 Å². The quantitative estimate of drug-likeness (QED) is 0.135. The summed E-state index contributed by atoms with van der Waals surface area (Å²) in [6, 6.07) is 75.2. The number of aromatic nitrogens is 4. The van der Waals surface area contributed by atoms with Gasteiger partial charge in [-0.25, -0.2) is 18.3 Å². The van der Waals surface area contributed by atoms with Crippen molar-refractivity contribution in [3.63, 3.8) is 0 Å². The number of nitrogens with zero attached hydrogens (tertiary/aromatic N) is 4. The van der Waals surface area contributed by atoms with Crippen LogP contribution in [0.1, 0.15) is 79.1 Å². The van der Waals surface area contributed by atoms with E-state index in [2.05, 4.69) is 206 Å². The maximum atomic E-state index is 7.67. The number of benzene rings is 8. The molecule has 0 radical (unpaired) electrons. The van der Waals surface area contributed by atoms with Gasteiger partial charge in [0.1, 0.15) is 28.2 Å². The summed E-state index contributed by atoms with van der Waals surface area (Å²) >= 11 is 0. The van der Waals surface area contributed by atoms with Gasteiger partial charge in [0.2, 0.25) is 22.8 Å². The molecule has 0 bridgehead atoms. The smallest absolute Gasteiger partial charge is 0.201 e. The van der Waals surface area contributed by atoms with Gasteiger partial charge in [-0.05, 0) is 202 Å². The molecule has 0 atom stereocenters. The molecule has 12 aromatic rings. The Kier molecular flexibility index (Phi) is 16.6. The third-order valence-corrected chi connectivity index (χ3v) is 16.6. The van der Waals surface area contributed by atoms with Crippen LogP contribution in [0.5, 0.6) is 0 Å². The van der Waals surface area contributed by atoms with Crippen LogP contribution in [0.15, 0.2) is 243 Å². The molecule has 8 aromatic carbocycles. The average molecular weight is 1160 g/mol. The molecule has 4 heteroatoms. The molecule has 0 spiro atoms. The van der Waals surface area contributed by atoms with Crippen molar-refractivity contribution in [2.24, 2.45) is 28.2 Å². The zero-order valence-corrected chi connectivity index (χ0v) is 53.4. The molecule has 12 rings (SSSR count). The molecule has 88 heavy (non-hydrogen) atoms. The molecule has 0 amide bonds. The minimum atomic E-state index is -2.09. The van der Waals surface area contributed by atoms with Gasteiger partial charge in [0.25, 0.3) is 0 Å². The Labute approximate surface area is 538 Å². The van der Waals surface area contributed by atoms with E-state index in [0.717, 1.165) is 56.0 Å². The Morgan fingerprint density at radius 3 is 0.886 bits per heavy atom. The SMILES string of the molecule is Cc1cc(-c2ccc(-c3ccccc3)cc2C)[n+](C)cc1C.[2H]C([2H])([2H])c1c[n+](C)c(-c2ccc(-c3ccccc3)cc2C)cc1C.[2H]C([2H])([2H])c1c[n+](C)c(-c2ccc(-c3ccccc3)cc2C)cc1C.[2H]C([2H])([2H])c1ccc(-c2cc(C)c(-c3ccccc3)cc2C)[n+](C)c1. The first-order valence-corrected chi connectivity index (χ1v) is 30.0. The van der Waals surface area contributed by atoms with E-state index < -0.39 is 20.6 Å². The third kappa shape index (κ3) is 14.9. The highest BCUT2D eigenvalue weighted by molar-refractivity contribution is 5.76. The predicted octanol–water partition coefficient (Wildman–Crippen LogP) is 19.1. The van der Waals surface area contributed by atoms with E-state index in [1.54, 1.807) is 24.7 Å². The van der Waals surface area contributed by atoms with Crippen LogP contribution < -0.4 is 18.3 Å². The zero-order valence-electron chi connectivity index (χ0n) is 62.4. The highest BCUT2D eigenvalue weighted by atomic mass is 14.9. The minimum Gasteiger partial charge on any atom is -0.201 e. The van der Waals surface area contributed by atoms with Crippen LogP contribution in [0.4, 0.5) is 0 Å². The van der Waals surface area contributed by atoms with Gasteiger partial charge in [0.15, 0.2) is 24.8 Å². The number of hydrogen-bond donors (Lipinski definition) is 0. The maximum Gasteiger partial charge on any atom is 0.212 e. The number of aryl methyl sites for hydroxylation is 16. The summed E-state index contributed by atoms with van der Waals surface area (Å²) in [5, 5.41) is 0. The Bertz CT molecular complexity index is 4610. The van der Waals surface area contributed by atoms with Gasteiger partial charge in [-0.3, -0.25) is 0 Å². The Morgan fingerprint density at radius 2 is 0.534 bits per heavy atom. The zero-order chi connectivity index (χ0) is 70.3. The lowest BCUT2D eigenvalue weighted by molar-refractivity contribution is -0.660. The second kappa shape index (κ2) is 28.3. The fourth-order valence-corrected chi connectivity index (χ4v) is 11.4. The number of rotatable bonds is 8. The van der Waals surface area contributed by atoms with E-state index in [9.17, 15) is 0 Å². The number of hydrogen-bond acceptors (Lipinski definition) is 0. The molecule has 0 aliphatic heterocycles. The van der Waals surface area contributed by atoms with Crippen LogP contribution in [0.3, 0.4) is 0 Å². The van der Waals surface area contributed by atoms with E-state index >= 15 is 0 Å². The van der Waals surface area contributed by atoms with Crippen molar-refractivity contribution in [1.29, 1.82) is 0 Å². The summed E-state index contributed by atoms with van der Waals surface area (Å²) in [5.74, 6) is 0. The molecular weight excluding hydrogens is 1060 g/mol. The van der Waals surface area contributed by atoms with E-state index in [-0.39, 0.29) is 0 Å². The normalized spacial score (nSPS) is 12.7. The van der Waals surface area contributed by atoms with Crippen LogP contribution in [0, 0.1) is 82.9 Å². The van der Waals surface area contributed by atoms with Crippen molar-refractivity contribution in [1.82, 2.24) is 0 Å². The molecule has 4 nitrogen and oxygen atoms in total. The fraction of sp³-hybridized carbons (Fsp3) is 0.190. The second-order valence-electron chi connectivity index (χ2n) is 23.3. The highest BCUT2D eigenvalue weighted by Crippen LogP contribution is 2.33. The molecule has 0 saturated heterocycles. The van der Waals surface area contributed by atoms with Crippen LogP contribution in [-0.4, -0.2) is 0 Å². The van der Waals surface area contributed by atoms with E-state index in [0.29, 0.717) is 16.7 Å².